The number of benzene rings is 2. The molecule has 0 heterocycles. The number of nitrogens with one attached hydrogen (secondary N) is 1. The van der Waals surface area contributed by atoms with E-state index in [1.165, 1.54) is 0 Å². The van der Waals surface area contributed by atoms with Crippen LogP contribution in [0, 0.1) is 0 Å². The predicted molar refractivity (Wildman–Crippen MR) is 109 cm³/mol. The maximum atomic E-state index is 12.3. The van der Waals surface area contributed by atoms with Crippen molar-refractivity contribution in [3.8, 4) is 0 Å². The van der Waals surface area contributed by atoms with Crippen molar-refractivity contribution in [3.05, 3.63) is 97.1 Å². The first kappa shape index (κ1) is 20.6. The van der Waals surface area contributed by atoms with Gasteiger partial charge in [0, 0.05) is 19.5 Å². The van der Waals surface area contributed by atoms with E-state index >= 15 is 0 Å². The fourth-order valence-corrected chi connectivity index (χ4v) is 2.58. The highest BCUT2D eigenvalue weighted by molar-refractivity contribution is 5.89. The van der Waals surface area contributed by atoms with E-state index in [0.717, 1.165) is 5.56 Å². The normalized spacial score (nSPS) is 12.7. The molecule has 142 valence electrons. The van der Waals surface area contributed by atoms with E-state index in [0.29, 0.717) is 31.7 Å². The Balaban J connectivity index is 1.94. The van der Waals surface area contributed by atoms with Crippen LogP contribution in [0.5, 0.6) is 0 Å². The highest BCUT2D eigenvalue weighted by Crippen LogP contribution is 2.13. The number of ether oxygens (including phenoxy) is 2. The largest absolute Gasteiger partial charge is 0.454 e. The lowest BCUT2D eigenvalue weighted by molar-refractivity contribution is -0.00132. The topological polar surface area (TPSA) is 47.6 Å². The van der Waals surface area contributed by atoms with Gasteiger partial charge in [-0.3, -0.25) is 0 Å². The van der Waals surface area contributed by atoms with Crippen molar-refractivity contribution in [3.63, 3.8) is 0 Å². The zero-order chi connectivity index (χ0) is 19.3. The lowest BCUT2D eigenvalue weighted by atomic mass is 10.1. The van der Waals surface area contributed by atoms with Gasteiger partial charge < -0.3 is 14.8 Å². The first-order valence-electron chi connectivity index (χ1n) is 9.08. The van der Waals surface area contributed by atoms with Gasteiger partial charge in [-0.2, -0.15) is 0 Å². The second-order valence-electron chi connectivity index (χ2n) is 6.15. The smallest absolute Gasteiger partial charge is 0.338 e. The Morgan fingerprint density at radius 3 is 2.33 bits per heavy atom. The van der Waals surface area contributed by atoms with Gasteiger partial charge in [0.1, 0.15) is 6.10 Å². The molecule has 0 bridgehead atoms. The average molecular weight is 365 g/mol. The van der Waals surface area contributed by atoms with E-state index in [2.05, 4.69) is 18.5 Å². The average Bonchev–Trinajstić information content (AvgIpc) is 2.72. The van der Waals surface area contributed by atoms with E-state index in [1.54, 1.807) is 24.3 Å². The molecule has 0 aliphatic rings. The minimum atomic E-state index is -0.427. The van der Waals surface area contributed by atoms with E-state index in [-0.39, 0.29) is 12.1 Å². The third-order valence-electron chi connectivity index (χ3n) is 4.02. The molecule has 4 heteroatoms. The molecule has 2 atom stereocenters. The minimum absolute atomic E-state index is 0.128. The molecule has 2 rings (SSSR count). The molecule has 1 N–H and O–H groups in total. The van der Waals surface area contributed by atoms with E-state index in [4.69, 9.17) is 9.47 Å². The number of carbonyl (C=O) groups excluding carboxylic acids is 1. The molecule has 0 saturated heterocycles. The van der Waals surface area contributed by atoms with Gasteiger partial charge in [-0.15, -0.1) is 6.58 Å². The zero-order valence-electron chi connectivity index (χ0n) is 15.6. The molecule has 0 aliphatic heterocycles. The van der Waals surface area contributed by atoms with E-state index in [1.807, 2.05) is 48.5 Å². The molecule has 0 amide bonds. The summed E-state index contributed by atoms with van der Waals surface area (Å²) in [5, 5.41) is 3.27. The van der Waals surface area contributed by atoms with Crippen LogP contribution in [0.2, 0.25) is 0 Å². The fourth-order valence-electron chi connectivity index (χ4n) is 2.58. The Hall–Kier alpha value is -2.69. The summed E-state index contributed by atoms with van der Waals surface area (Å²) in [7, 11) is 0. The Labute approximate surface area is 161 Å². The first-order valence-corrected chi connectivity index (χ1v) is 9.08. The third kappa shape index (κ3) is 7.60. The van der Waals surface area contributed by atoms with Gasteiger partial charge in [0.05, 0.1) is 18.3 Å². The third-order valence-corrected chi connectivity index (χ3v) is 4.02. The van der Waals surface area contributed by atoms with Gasteiger partial charge in [-0.1, -0.05) is 67.3 Å². The van der Waals surface area contributed by atoms with Crippen molar-refractivity contribution in [1.29, 1.82) is 0 Å². The van der Waals surface area contributed by atoms with Crippen LogP contribution in [0.1, 0.15) is 22.3 Å². The van der Waals surface area contributed by atoms with Crippen LogP contribution in [-0.2, 0) is 16.1 Å². The summed E-state index contributed by atoms with van der Waals surface area (Å²) in [6.07, 6.45) is 3.42. The molecule has 2 aromatic rings. The zero-order valence-corrected chi connectivity index (χ0v) is 15.6. The van der Waals surface area contributed by atoms with Crippen LogP contribution in [0.15, 0.2) is 86.0 Å². The molecule has 4 nitrogen and oxygen atoms in total. The molecule has 0 radical (unpaired) electrons. The first-order chi connectivity index (χ1) is 13.2. The van der Waals surface area contributed by atoms with Crippen LogP contribution in [-0.4, -0.2) is 31.3 Å². The number of esters is 1. The summed E-state index contributed by atoms with van der Waals surface area (Å²) in [4.78, 5) is 12.3. The molecular formula is C23H27NO3. The number of hydrogen-bond acceptors (Lipinski definition) is 4. The van der Waals surface area contributed by atoms with Gasteiger partial charge in [0.15, 0.2) is 0 Å². The van der Waals surface area contributed by atoms with Crippen LogP contribution in [0.3, 0.4) is 0 Å². The van der Waals surface area contributed by atoms with Gasteiger partial charge in [0.2, 0.25) is 0 Å². The second-order valence-corrected chi connectivity index (χ2v) is 6.15. The molecule has 0 fully saturated rings. The van der Waals surface area contributed by atoms with Crippen molar-refractivity contribution in [2.75, 3.05) is 13.1 Å². The second kappa shape index (κ2) is 11.8. The van der Waals surface area contributed by atoms with Crippen LogP contribution < -0.4 is 5.32 Å². The maximum Gasteiger partial charge on any atom is 0.338 e. The number of rotatable bonds is 12. The van der Waals surface area contributed by atoms with Crippen molar-refractivity contribution in [2.45, 2.75) is 25.2 Å². The van der Waals surface area contributed by atoms with Crippen LogP contribution in [0.25, 0.3) is 0 Å². The highest BCUT2D eigenvalue weighted by Gasteiger charge is 2.19. The summed E-state index contributed by atoms with van der Waals surface area (Å²) in [5.74, 6) is -0.360. The molecule has 0 spiro atoms. The predicted octanol–water partition coefficient (Wildman–Crippen LogP) is 4.15. The van der Waals surface area contributed by atoms with Crippen molar-refractivity contribution < 1.29 is 14.3 Å². The Morgan fingerprint density at radius 1 is 1.04 bits per heavy atom. The molecule has 2 aromatic carbocycles. The highest BCUT2D eigenvalue weighted by atomic mass is 16.5. The Bertz CT molecular complexity index is 700. The molecule has 0 aliphatic carbocycles. The van der Waals surface area contributed by atoms with Crippen molar-refractivity contribution >= 4 is 5.97 Å². The molecule has 27 heavy (non-hydrogen) atoms. The summed E-state index contributed by atoms with van der Waals surface area (Å²) < 4.78 is 11.6. The van der Waals surface area contributed by atoms with Crippen molar-refractivity contribution in [1.82, 2.24) is 5.32 Å². The fraction of sp³-hybridized carbons (Fsp3) is 0.261. The summed E-state index contributed by atoms with van der Waals surface area (Å²) in [6.45, 7) is 9.34. The van der Waals surface area contributed by atoms with Crippen molar-refractivity contribution in [2.24, 2.45) is 0 Å². The summed E-state index contributed by atoms with van der Waals surface area (Å²) in [6, 6.07) is 18.9. The lowest BCUT2D eigenvalue weighted by Gasteiger charge is -2.23. The van der Waals surface area contributed by atoms with Gasteiger partial charge >= 0.3 is 5.97 Å². The quantitative estimate of drug-likeness (QED) is 0.349. The standard InChI is InChI=1S/C23H27NO3/c1-3-15-24-17-22(26-18-19-11-7-5-8-12-19)16-21(4-2)27-23(25)20-13-9-6-10-14-20/h3-14,21-22,24H,1-2,15-18H2/t21-,22-/m1/s1. The van der Waals surface area contributed by atoms with Gasteiger partial charge in [-0.25, -0.2) is 4.79 Å². The minimum Gasteiger partial charge on any atom is -0.454 e. The lowest BCUT2D eigenvalue weighted by Crippen LogP contribution is -2.33. The summed E-state index contributed by atoms with van der Waals surface area (Å²) in [5.41, 5.74) is 1.62. The van der Waals surface area contributed by atoms with Gasteiger partial charge in [-0.05, 0) is 17.7 Å². The molecule has 0 aromatic heterocycles. The molecule has 0 unspecified atom stereocenters. The van der Waals surface area contributed by atoms with Crippen LogP contribution in [0.4, 0.5) is 0 Å². The van der Waals surface area contributed by atoms with Crippen LogP contribution >= 0.6 is 0 Å². The summed E-state index contributed by atoms with van der Waals surface area (Å²) >= 11 is 0. The molecule has 0 saturated carbocycles. The van der Waals surface area contributed by atoms with E-state index in [9.17, 15) is 4.79 Å². The SMILES string of the molecule is C=CCNC[C@@H](C[C@@H](C=C)OC(=O)c1ccccc1)OCc1ccccc1. The number of carbonyl (C=O) groups is 1. The number of hydrogen-bond donors (Lipinski definition) is 1. The van der Waals surface area contributed by atoms with Gasteiger partial charge in [0.25, 0.3) is 0 Å². The Kier molecular flexibility index (Phi) is 9.04. The van der Waals surface area contributed by atoms with E-state index < -0.39 is 6.10 Å². The molecular weight excluding hydrogens is 338 g/mol. The Morgan fingerprint density at radius 2 is 1.70 bits per heavy atom. The monoisotopic (exact) mass is 365 g/mol. The maximum absolute atomic E-state index is 12.3.